The molecule has 2 aromatic heterocycles. The predicted octanol–water partition coefficient (Wildman–Crippen LogP) is -5.80. The number of fused-ring (bicyclic) bond motifs is 1. The monoisotopic (exact) mass is 510 g/mol. The summed E-state index contributed by atoms with van der Waals surface area (Å²) >= 11 is 0. The molecule has 31 heavy (non-hydrogen) atoms. The van der Waals surface area contributed by atoms with E-state index < -0.39 is 48.0 Å². The third kappa shape index (κ3) is 7.25. The molecule has 168 valence electrons. The fourth-order valence-corrected chi connectivity index (χ4v) is 5.51. The minimum atomic E-state index is -6.07. The van der Waals surface area contributed by atoms with Gasteiger partial charge in [-0.25, -0.2) is 9.29 Å². The number of phosphoric acid groups is 3. The zero-order valence-electron chi connectivity index (χ0n) is 15.5. The Morgan fingerprint density at radius 3 is 2.52 bits per heavy atom. The summed E-state index contributed by atoms with van der Waals surface area (Å²) in [6.07, 6.45) is 0.248. The van der Waals surface area contributed by atoms with Crippen LogP contribution in [0.5, 0.6) is 0 Å². The van der Waals surface area contributed by atoms with Crippen molar-refractivity contribution in [2.45, 2.75) is 25.2 Å². The number of nitrogens with two attached hydrogens (primary N) is 1. The van der Waals surface area contributed by atoms with Gasteiger partial charge in [0.2, 0.25) is 5.95 Å². The number of hydrogen-bond donors (Lipinski definition) is 2. The first kappa shape index (κ1) is 26.8. The summed E-state index contributed by atoms with van der Waals surface area (Å²) < 4.78 is 50.8. The Morgan fingerprint density at radius 1 is 1.19 bits per heavy atom. The van der Waals surface area contributed by atoms with Crippen molar-refractivity contribution in [3.05, 3.63) is 16.7 Å². The molecule has 0 radical (unpaired) electrons. The van der Waals surface area contributed by atoms with Gasteiger partial charge in [-0.15, -0.1) is 0 Å². The minimum absolute atomic E-state index is 0. The molecule has 4 unspecified atom stereocenters. The van der Waals surface area contributed by atoms with Crippen LogP contribution < -0.4 is 60.4 Å². The molecule has 0 aliphatic carbocycles. The van der Waals surface area contributed by atoms with Gasteiger partial charge in [0.15, 0.2) is 11.2 Å². The number of H-pyrrole nitrogens is 1. The average molecular weight is 510 g/mol. The van der Waals surface area contributed by atoms with Crippen LogP contribution in [0.25, 0.3) is 11.2 Å². The second-order valence-corrected chi connectivity index (χ2v) is 10.1. The third-order valence-electron chi connectivity index (χ3n) is 3.66. The zero-order chi connectivity index (χ0) is 22.3. The third-order valence-corrected chi connectivity index (χ3v) is 7.33. The van der Waals surface area contributed by atoms with Crippen molar-refractivity contribution in [1.29, 1.82) is 0 Å². The summed E-state index contributed by atoms with van der Waals surface area (Å²) in [4.78, 5) is 65.2. The number of rotatable bonds is 8. The van der Waals surface area contributed by atoms with Gasteiger partial charge < -0.3 is 39.1 Å². The van der Waals surface area contributed by atoms with E-state index in [4.69, 9.17) is 10.5 Å². The topological polar surface area (TPSA) is 270 Å². The maximum Gasteiger partial charge on any atom is 1.00 e. The molecule has 3 rings (SSSR count). The Hall–Kier alpha value is -0.480. The minimum Gasteiger partial charge on any atom is -0.790 e. The molecule has 0 aromatic carbocycles. The van der Waals surface area contributed by atoms with E-state index in [-0.39, 0.29) is 53.1 Å². The van der Waals surface area contributed by atoms with Gasteiger partial charge in [-0.05, 0) is 12.8 Å². The van der Waals surface area contributed by atoms with Crippen LogP contribution in [0.3, 0.4) is 0 Å². The number of aromatic nitrogens is 4. The summed E-state index contributed by atoms with van der Waals surface area (Å²) in [5, 5.41) is 0. The Labute approximate surface area is 194 Å². The molecule has 1 aliphatic heterocycles. The number of imidazole rings is 1. The van der Waals surface area contributed by atoms with Gasteiger partial charge in [0.05, 0.1) is 26.9 Å². The van der Waals surface area contributed by atoms with Crippen LogP contribution in [0.2, 0.25) is 0 Å². The first-order chi connectivity index (χ1) is 13.7. The Balaban J connectivity index is 0.00000341. The first-order valence-electron chi connectivity index (χ1n) is 7.84. The molecule has 0 bridgehead atoms. The van der Waals surface area contributed by atoms with Gasteiger partial charge >= 0.3 is 29.6 Å². The Bertz CT molecular complexity index is 1150. The number of ether oxygens (including phenoxy) is 1. The van der Waals surface area contributed by atoms with Crippen LogP contribution >= 0.6 is 23.5 Å². The summed E-state index contributed by atoms with van der Waals surface area (Å²) in [6.45, 7) is -0.702. The van der Waals surface area contributed by atoms with Crippen LogP contribution in [-0.4, -0.2) is 32.2 Å². The molecular formula is C10H12N5NaO12P3-3. The van der Waals surface area contributed by atoms with Crippen LogP contribution in [-0.2, 0) is 31.6 Å². The molecule has 2 aromatic rings. The molecule has 3 N–H and O–H groups in total. The van der Waals surface area contributed by atoms with E-state index >= 15 is 0 Å². The van der Waals surface area contributed by atoms with Gasteiger partial charge in [-0.1, -0.05) is 0 Å². The molecule has 21 heteroatoms. The van der Waals surface area contributed by atoms with Crippen molar-refractivity contribution in [2.24, 2.45) is 0 Å². The smallest absolute Gasteiger partial charge is 0.790 e. The van der Waals surface area contributed by atoms with Crippen molar-refractivity contribution in [3.63, 3.8) is 0 Å². The van der Waals surface area contributed by atoms with Gasteiger partial charge in [0.25, 0.3) is 21.2 Å². The van der Waals surface area contributed by atoms with Crippen LogP contribution in [0.1, 0.15) is 19.1 Å². The van der Waals surface area contributed by atoms with Crippen molar-refractivity contribution >= 4 is 40.6 Å². The van der Waals surface area contributed by atoms with E-state index in [2.05, 4.69) is 28.1 Å². The summed E-state index contributed by atoms with van der Waals surface area (Å²) in [5.41, 5.74) is 5.07. The Morgan fingerprint density at radius 2 is 1.87 bits per heavy atom. The quantitative estimate of drug-likeness (QED) is 0.247. The van der Waals surface area contributed by atoms with Crippen molar-refractivity contribution in [1.82, 2.24) is 19.5 Å². The number of anilines is 1. The van der Waals surface area contributed by atoms with Crippen LogP contribution in [0, 0.1) is 0 Å². The second kappa shape index (κ2) is 9.79. The van der Waals surface area contributed by atoms with Gasteiger partial charge in [0, 0.05) is 0 Å². The molecule has 4 atom stereocenters. The maximum atomic E-state index is 11.8. The van der Waals surface area contributed by atoms with E-state index in [0.717, 1.165) is 0 Å². The molecule has 1 fully saturated rings. The molecule has 1 aliphatic rings. The number of nitrogen functional groups attached to an aromatic ring is 1. The second-order valence-electron chi connectivity index (χ2n) is 5.87. The number of phosphoric ester groups is 1. The van der Waals surface area contributed by atoms with Gasteiger partial charge in [-0.3, -0.25) is 27.8 Å². The largest absolute Gasteiger partial charge is 1.00 e. The average Bonchev–Trinajstić information content (AvgIpc) is 3.15. The van der Waals surface area contributed by atoms with E-state index in [9.17, 15) is 38.1 Å². The Kier molecular flexibility index (Phi) is 8.46. The number of aromatic amines is 1. The molecule has 17 nitrogen and oxygen atoms in total. The SMILES string of the molecule is Nc1nc2c(ncn2C2CCC(COP(=O)([O-])OP(=O)([O-])OP(=O)([O-])[O-])O2)c(=O)[nH]1.[Na+]. The fraction of sp³-hybridized carbons (Fsp3) is 0.500. The maximum absolute atomic E-state index is 11.8. The van der Waals surface area contributed by atoms with E-state index in [1.54, 1.807) is 0 Å². The normalized spacial score (nSPS) is 23.2. The number of nitrogens with zero attached hydrogens (tertiary/aromatic N) is 3. The molecule has 0 amide bonds. The van der Waals surface area contributed by atoms with E-state index in [1.807, 2.05) is 0 Å². The van der Waals surface area contributed by atoms with Crippen LogP contribution in [0.4, 0.5) is 5.95 Å². The van der Waals surface area contributed by atoms with Gasteiger partial charge in [0.1, 0.15) is 6.23 Å². The number of nitrogens with one attached hydrogen (secondary N) is 1. The van der Waals surface area contributed by atoms with Crippen molar-refractivity contribution < 1.29 is 80.7 Å². The number of hydrogen-bond acceptors (Lipinski definition) is 15. The molecule has 0 spiro atoms. The van der Waals surface area contributed by atoms with E-state index in [1.165, 1.54) is 10.9 Å². The standard InChI is InChI=1S/C10H16N5O12P3.Na/c11-10-13-8-7(9(16)14-10)12-4-15(8)6-2-1-5(25-6)3-24-29(20,21)27-30(22,23)26-28(17,18)19;/h4-6H,1-3H2,(H,20,21)(H,22,23)(H2,17,18,19)(H3,11,13,14,16);/q;+1/p-4. The summed E-state index contributed by atoms with van der Waals surface area (Å²) in [5.74, 6) is -0.151. The summed E-state index contributed by atoms with van der Waals surface area (Å²) in [7, 11) is -17.7. The first-order valence-corrected chi connectivity index (χ1v) is 12.2. The summed E-state index contributed by atoms with van der Waals surface area (Å²) in [6, 6.07) is 0. The van der Waals surface area contributed by atoms with E-state index in [0.29, 0.717) is 6.42 Å². The zero-order valence-corrected chi connectivity index (χ0v) is 20.2. The molecule has 1 saturated heterocycles. The molecular weight excluding hydrogens is 498 g/mol. The molecule has 3 heterocycles. The van der Waals surface area contributed by atoms with Crippen LogP contribution in [0.15, 0.2) is 11.1 Å². The van der Waals surface area contributed by atoms with Crippen molar-refractivity contribution in [3.8, 4) is 0 Å². The fourth-order valence-electron chi connectivity index (χ4n) is 2.63. The molecule has 0 saturated carbocycles. The predicted molar refractivity (Wildman–Crippen MR) is 86.6 cm³/mol. The van der Waals surface area contributed by atoms with Gasteiger partial charge in [-0.2, -0.15) is 4.98 Å². The van der Waals surface area contributed by atoms with Crippen molar-refractivity contribution in [2.75, 3.05) is 12.3 Å².